The Bertz CT molecular complexity index is 1200. The van der Waals surface area contributed by atoms with Gasteiger partial charge in [-0.15, -0.1) is 5.10 Å². The number of alkyl halides is 3. The van der Waals surface area contributed by atoms with Crippen LogP contribution < -0.4 is 0 Å². The minimum atomic E-state index is -4.80. The van der Waals surface area contributed by atoms with Gasteiger partial charge in [0.05, 0.1) is 36.1 Å². The van der Waals surface area contributed by atoms with Gasteiger partial charge >= 0.3 is 12.1 Å². The number of benzene rings is 1. The number of carbonyl (C=O) groups is 1. The Hall–Kier alpha value is -4.02. The molecular weight excluding hydrogens is 413 g/mol. The van der Waals surface area contributed by atoms with Gasteiger partial charge in [-0.2, -0.15) is 18.3 Å². The molecule has 0 aliphatic rings. The van der Waals surface area contributed by atoms with Crippen molar-refractivity contribution in [1.82, 2.24) is 29.8 Å². The van der Waals surface area contributed by atoms with Crippen molar-refractivity contribution in [3.63, 3.8) is 0 Å². The number of ether oxygens (including phenoxy) is 1. The first kappa shape index (κ1) is 20.3. The Morgan fingerprint density at radius 3 is 2.45 bits per heavy atom. The van der Waals surface area contributed by atoms with Crippen molar-refractivity contribution >= 4 is 5.97 Å². The van der Waals surface area contributed by atoms with Crippen LogP contribution in [0.15, 0.2) is 61.1 Å². The predicted octanol–water partition coefficient (Wildman–Crippen LogP) is 3.71. The third kappa shape index (κ3) is 4.02. The first-order chi connectivity index (χ1) is 14.9. The molecule has 0 saturated carbocycles. The summed E-state index contributed by atoms with van der Waals surface area (Å²) in [6, 6.07) is 11.4. The van der Waals surface area contributed by atoms with Crippen LogP contribution in [0.1, 0.15) is 23.0 Å². The number of pyridine rings is 1. The van der Waals surface area contributed by atoms with E-state index in [1.54, 1.807) is 36.7 Å². The van der Waals surface area contributed by atoms with E-state index in [0.29, 0.717) is 21.8 Å². The summed E-state index contributed by atoms with van der Waals surface area (Å²) in [6.45, 7) is 1.46. The Kier molecular flexibility index (Phi) is 5.24. The molecule has 11 heteroatoms. The standard InChI is InChI=1S/C20H15F3N6O2/c1-2-31-19(30)15-11-25-29(18(15)20(21,22)23)14-8-6-13(7-9-14)28-12-17(26-27-28)16-5-3-4-10-24-16/h3-12H,2H2,1H3. The van der Waals surface area contributed by atoms with Crippen LogP contribution in [-0.2, 0) is 10.9 Å². The maximum absolute atomic E-state index is 13.6. The zero-order valence-electron chi connectivity index (χ0n) is 16.1. The molecule has 0 amide bonds. The summed E-state index contributed by atoms with van der Waals surface area (Å²) in [5, 5.41) is 11.9. The van der Waals surface area contributed by atoms with Crippen LogP contribution in [0.5, 0.6) is 0 Å². The zero-order valence-corrected chi connectivity index (χ0v) is 16.1. The fourth-order valence-electron chi connectivity index (χ4n) is 2.94. The molecule has 0 N–H and O–H groups in total. The monoisotopic (exact) mass is 428 g/mol. The molecule has 0 bridgehead atoms. The summed E-state index contributed by atoms with van der Waals surface area (Å²) in [7, 11) is 0. The van der Waals surface area contributed by atoms with Crippen LogP contribution in [0.25, 0.3) is 22.8 Å². The largest absolute Gasteiger partial charge is 0.462 e. The lowest BCUT2D eigenvalue weighted by Crippen LogP contribution is -2.18. The molecule has 1 aromatic carbocycles. The molecule has 3 heterocycles. The van der Waals surface area contributed by atoms with Crippen molar-refractivity contribution < 1.29 is 22.7 Å². The normalized spacial score (nSPS) is 11.5. The van der Waals surface area contributed by atoms with Gasteiger partial charge in [0.2, 0.25) is 0 Å². The third-order valence-corrected chi connectivity index (χ3v) is 4.31. The second kappa shape index (κ2) is 8.01. The Balaban J connectivity index is 1.66. The van der Waals surface area contributed by atoms with E-state index < -0.39 is 23.4 Å². The molecule has 4 rings (SSSR count). The van der Waals surface area contributed by atoms with Gasteiger partial charge in [0.1, 0.15) is 11.3 Å². The minimum absolute atomic E-state index is 0.0472. The van der Waals surface area contributed by atoms with Crippen molar-refractivity contribution in [3.8, 4) is 22.8 Å². The minimum Gasteiger partial charge on any atom is -0.462 e. The Morgan fingerprint density at radius 1 is 1.06 bits per heavy atom. The zero-order chi connectivity index (χ0) is 22.0. The summed E-state index contributed by atoms with van der Waals surface area (Å²) < 4.78 is 47.8. The summed E-state index contributed by atoms with van der Waals surface area (Å²) in [5.41, 5.74) is 0.0477. The molecule has 8 nitrogen and oxygen atoms in total. The molecule has 4 aromatic rings. The van der Waals surface area contributed by atoms with E-state index in [1.165, 1.54) is 23.7 Å². The Morgan fingerprint density at radius 2 is 1.81 bits per heavy atom. The van der Waals surface area contributed by atoms with Crippen molar-refractivity contribution in [2.45, 2.75) is 13.1 Å². The van der Waals surface area contributed by atoms with Crippen LogP contribution >= 0.6 is 0 Å². The van der Waals surface area contributed by atoms with Crippen molar-refractivity contribution in [2.75, 3.05) is 6.61 Å². The quantitative estimate of drug-likeness (QED) is 0.451. The molecule has 31 heavy (non-hydrogen) atoms. The van der Waals surface area contributed by atoms with E-state index in [-0.39, 0.29) is 12.3 Å². The highest BCUT2D eigenvalue weighted by Crippen LogP contribution is 2.34. The molecule has 0 aliphatic carbocycles. The lowest BCUT2D eigenvalue weighted by Gasteiger charge is -2.12. The summed E-state index contributed by atoms with van der Waals surface area (Å²) in [6.07, 6.45) is -0.659. The third-order valence-electron chi connectivity index (χ3n) is 4.31. The van der Waals surface area contributed by atoms with Crippen LogP contribution in [0.2, 0.25) is 0 Å². The molecule has 0 radical (unpaired) electrons. The van der Waals surface area contributed by atoms with Crippen molar-refractivity contribution in [2.24, 2.45) is 0 Å². The maximum Gasteiger partial charge on any atom is 0.434 e. The smallest absolute Gasteiger partial charge is 0.434 e. The van der Waals surface area contributed by atoms with Gasteiger partial charge in [-0.05, 0) is 43.3 Å². The fraction of sp³-hybridized carbons (Fsp3) is 0.150. The number of nitrogens with zero attached hydrogens (tertiary/aromatic N) is 6. The number of rotatable bonds is 5. The number of hydrogen-bond acceptors (Lipinski definition) is 6. The lowest BCUT2D eigenvalue weighted by atomic mass is 10.2. The highest BCUT2D eigenvalue weighted by Gasteiger charge is 2.41. The highest BCUT2D eigenvalue weighted by atomic mass is 19.4. The van der Waals surface area contributed by atoms with Crippen LogP contribution in [-0.4, -0.2) is 42.3 Å². The molecule has 0 aliphatic heterocycles. The fourth-order valence-corrected chi connectivity index (χ4v) is 2.94. The van der Waals surface area contributed by atoms with E-state index in [2.05, 4.69) is 20.4 Å². The van der Waals surface area contributed by atoms with Gasteiger partial charge < -0.3 is 4.74 Å². The number of carbonyl (C=O) groups excluding carboxylic acids is 1. The number of halogens is 3. The molecule has 0 saturated heterocycles. The van der Waals surface area contributed by atoms with Crippen LogP contribution in [0, 0.1) is 0 Å². The first-order valence-corrected chi connectivity index (χ1v) is 9.15. The number of aromatic nitrogens is 6. The maximum atomic E-state index is 13.6. The molecule has 0 spiro atoms. The van der Waals surface area contributed by atoms with Gasteiger partial charge in [0, 0.05) is 6.20 Å². The Labute approximate surface area is 173 Å². The summed E-state index contributed by atoms with van der Waals surface area (Å²) in [5.74, 6) is -1.08. The lowest BCUT2D eigenvalue weighted by molar-refractivity contribution is -0.143. The molecule has 3 aromatic heterocycles. The van der Waals surface area contributed by atoms with Crippen LogP contribution in [0.3, 0.4) is 0 Å². The molecular formula is C20H15F3N6O2. The van der Waals surface area contributed by atoms with Crippen LogP contribution in [0.4, 0.5) is 13.2 Å². The second-order valence-electron chi connectivity index (χ2n) is 6.32. The molecule has 0 unspecified atom stereocenters. The SMILES string of the molecule is CCOC(=O)c1cnn(-c2ccc(-n3cc(-c4ccccn4)nn3)cc2)c1C(F)(F)F. The summed E-state index contributed by atoms with van der Waals surface area (Å²) in [4.78, 5) is 16.1. The van der Waals surface area contributed by atoms with Gasteiger partial charge in [0.15, 0.2) is 5.69 Å². The van der Waals surface area contributed by atoms with Gasteiger partial charge in [-0.25, -0.2) is 14.2 Å². The molecule has 0 atom stereocenters. The molecule has 0 fully saturated rings. The first-order valence-electron chi connectivity index (χ1n) is 9.15. The van der Waals surface area contributed by atoms with Gasteiger partial charge in [-0.1, -0.05) is 11.3 Å². The van der Waals surface area contributed by atoms with E-state index >= 15 is 0 Å². The van der Waals surface area contributed by atoms with Crippen molar-refractivity contribution in [3.05, 3.63) is 72.3 Å². The highest BCUT2D eigenvalue weighted by molar-refractivity contribution is 5.90. The predicted molar refractivity (Wildman–Crippen MR) is 103 cm³/mol. The average molecular weight is 428 g/mol. The topological polar surface area (TPSA) is 87.7 Å². The van der Waals surface area contributed by atoms with Gasteiger partial charge in [0.25, 0.3) is 0 Å². The van der Waals surface area contributed by atoms with E-state index in [9.17, 15) is 18.0 Å². The average Bonchev–Trinajstić information content (AvgIpc) is 3.42. The summed E-state index contributed by atoms with van der Waals surface area (Å²) >= 11 is 0. The van der Waals surface area contributed by atoms with Gasteiger partial charge in [-0.3, -0.25) is 4.98 Å². The van der Waals surface area contributed by atoms with E-state index in [1.807, 2.05) is 6.07 Å². The van der Waals surface area contributed by atoms with E-state index in [0.717, 1.165) is 6.20 Å². The van der Waals surface area contributed by atoms with E-state index in [4.69, 9.17) is 4.74 Å². The molecule has 158 valence electrons. The number of esters is 1. The van der Waals surface area contributed by atoms with Crippen molar-refractivity contribution in [1.29, 1.82) is 0 Å². The number of hydrogen-bond donors (Lipinski definition) is 0. The second-order valence-corrected chi connectivity index (χ2v) is 6.32.